The van der Waals surface area contributed by atoms with Crippen molar-refractivity contribution in [2.24, 2.45) is 11.8 Å². The minimum atomic E-state index is 0.836. The normalized spacial score (nSPS) is 23.4. The van der Waals surface area contributed by atoms with Gasteiger partial charge in [-0.15, -0.1) is 0 Å². The van der Waals surface area contributed by atoms with Crippen LogP contribution in [0, 0.1) is 11.8 Å². The second-order valence-electron chi connectivity index (χ2n) is 5.92. The maximum absolute atomic E-state index is 4.49. The van der Waals surface area contributed by atoms with E-state index in [4.69, 9.17) is 0 Å². The molecule has 3 rings (SSSR count). The van der Waals surface area contributed by atoms with Crippen molar-refractivity contribution in [1.29, 1.82) is 0 Å². The van der Waals surface area contributed by atoms with Gasteiger partial charge in [0, 0.05) is 11.9 Å². The van der Waals surface area contributed by atoms with Gasteiger partial charge in [-0.3, -0.25) is 4.98 Å². The second kappa shape index (κ2) is 5.60. The lowest BCUT2D eigenvalue weighted by Crippen LogP contribution is -2.20. The third-order valence-electron chi connectivity index (χ3n) is 4.32. The van der Waals surface area contributed by atoms with Gasteiger partial charge in [-0.25, -0.2) is 0 Å². The van der Waals surface area contributed by atoms with Crippen molar-refractivity contribution >= 4 is 16.6 Å². The summed E-state index contributed by atoms with van der Waals surface area (Å²) in [7, 11) is 0. The van der Waals surface area contributed by atoms with Crippen LogP contribution in [0.2, 0.25) is 0 Å². The molecule has 0 radical (unpaired) electrons. The first-order valence-electron chi connectivity index (χ1n) is 7.40. The molecule has 1 aromatic heterocycles. The van der Waals surface area contributed by atoms with Crippen molar-refractivity contribution in [2.45, 2.75) is 32.6 Å². The molecule has 1 aliphatic rings. The highest BCUT2D eigenvalue weighted by Crippen LogP contribution is 2.28. The zero-order valence-electron chi connectivity index (χ0n) is 11.6. The van der Waals surface area contributed by atoms with E-state index < -0.39 is 0 Å². The minimum absolute atomic E-state index is 0.836. The van der Waals surface area contributed by atoms with Gasteiger partial charge in [0.05, 0.1) is 17.4 Å². The first-order chi connectivity index (χ1) is 9.31. The van der Waals surface area contributed by atoms with Crippen LogP contribution >= 0.6 is 0 Å². The number of anilines is 1. The largest absolute Gasteiger partial charge is 0.384 e. The molecule has 0 bridgehead atoms. The van der Waals surface area contributed by atoms with Gasteiger partial charge in [0.2, 0.25) is 0 Å². The third-order valence-corrected chi connectivity index (χ3v) is 4.32. The molecule has 0 spiro atoms. The summed E-state index contributed by atoms with van der Waals surface area (Å²) >= 11 is 0. The number of aromatic nitrogens is 1. The summed E-state index contributed by atoms with van der Waals surface area (Å²) in [4.78, 5) is 4.49. The molecule has 100 valence electrons. The van der Waals surface area contributed by atoms with E-state index in [9.17, 15) is 0 Å². The molecule has 19 heavy (non-hydrogen) atoms. The highest BCUT2D eigenvalue weighted by molar-refractivity contribution is 5.81. The fourth-order valence-corrected chi connectivity index (χ4v) is 2.96. The monoisotopic (exact) mass is 254 g/mol. The standard InChI is InChI=1S/C17H22N2/c1-13-6-8-14(9-7-13)11-18-16-10-15-4-2-3-5-17(15)19-12-16/h2-5,10,12-14,18H,6-9,11H2,1H3. The summed E-state index contributed by atoms with van der Waals surface area (Å²) in [6, 6.07) is 10.5. The highest BCUT2D eigenvalue weighted by Gasteiger charge is 2.17. The van der Waals surface area contributed by atoms with Crippen LogP contribution in [0.5, 0.6) is 0 Å². The van der Waals surface area contributed by atoms with Gasteiger partial charge in [-0.1, -0.05) is 38.0 Å². The van der Waals surface area contributed by atoms with Crippen molar-refractivity contribution in [3.63, 3.8) is 0 Å². The number of benzene rings is 1. The number of rotatable bonds is 3. The Bertz CT molecular complexity index is 542. The summed E-state index contributed by atoms with van der Waals surface area (Å²) in [5.74, 6) is 1.77. The fourth-order valence-electron chi connectivity index (χ4n) is 2.96. The smallest absolute Gasteiger partial charge is 0.0703 e. The zero-order valence-corrected chi connectivity index (χ0v) is 11.6. The molecule has 0 saturated heterocycles. The van der Waals surface area contributed by atoms with Gasteiger partial charge < -0.3 is 5.32 Å². The number of hydrogen-bond acceptors (Lipinski definition) is 2. The van der Waals surface area contributed by atoms with Crippen molar-refractivity contribution in [3.05, 3.63) is 36.5 Å². The number of nitrogens with one attached hydrogen (secondary N) is 1. The summed E-state index contributed by atoms with van der Waals surface area (Å²) < 4.78 is 0. The van der Waals surface area contributed by atoms with E-state index in [0.717, 1.165) is 29.6 Å². The number of hydrogen-bond donors (Lipinski definition) is 1. The Hall–Kier alpha value is -1.57. The van der Waals surface area contributed by atoms with Crippen molar-refractivity contribution in [2.75, 3.05) is 11.9 Å². The van der Waals surface area contributed by atoms with Crippen LogP contribution < -0.4 is 5.32 Å². The molecule has 1 heterocycles. The molecule has 1 aromatic carbocycles. The van der Waals surface area contributed by atoms with Crippen molar-refractivity contribution in [1.82, 2.24) is 4.98 Å². The van der Waals surface area contributed by atoms with Gasteiger partial charge in [0.1, 0.15) is 0 Å². The highest BCUT2D eigenvalue weighted by atomic mass is 14.9. The molecular formula is C17H22N2. The molecule has 0 aliphatic heterocycles. The Kier molecular flexibility index (Phi) is 3.67. The van der Waals surface area contributed by atoms with Crippen molar-refractivity contribution in [3.8, 4) is 0 Å². The van der Waals surface area contributed by atoms with Crippen LogP contribution in [0.1, 0.15) is 32.6 Å². The average Bonchev–Trinajstić information content (AvgIpc) is 2.46. The van der Waals surface area contributed by atoms with Crippen LogP contribution in [-0.2, 0) is 0 Å². The lowest BCUT2D eigenvalue weighted by atomic mass is 9.83. The lowest BCUT2D eigenvalue weighted by molar-refractivity contribution is 0.300. The molecule has 0 amide bonds. The number of nitrogens with zero attached hydrogens (tertiary/aromatic N) is 1. The van der Waals surface area contributed by atoms with Gasteiger partial charge in [-0.05, 0) is 36.8 Å². The fraction of sp³-hybridized carbons (Fsp3) is 0.471. The summed E-state index contributed by atoms with van der Waals surface area (Å²) in [5, 5.41) is 4.77. The van der Waals surface area contributed by atoms with Crippen LogP contribution in [-0.4, -0.2) is 11.5 Å². The number of fused-ring (bicyclic) bond motifs is 1. The summed E-state index contributed by atoms with van der Waals surface area (Å²) in [5.41, 5.74) is 2.22. The van der Waals surface area contributed by atoms with E-state index in [2.05, 4.69) is 41.5 Å². The Labute approximate surface area is 115 Å². The minimum Gasteiger partial charge on any atom is -0.384 e. The third kappa shape index (κ3) is 3.06. The SMILES string of the molecule is CC1CCC(CNc2cnc3ccccc3c2)CC1. The molecule has 0 unspecified atom stereocenters. The van der Waals surface area contributed by atoms with Crippen LogP contribution in [0.15, 0.2) is 36.5 Å². The maximum Gasteiger partial charge on any atom is 0.0703 e. The Balaban J connectivity index is 1.62. The molecule has 1 N–H and O–H groups in total. The molecule has 2 aromatic rings. The molecule has 2 nitrogen and oxygen atoms in total. The van der Waals surface area contributed by atoms with E-state index in [0.29, 0.717) is 0 Å². The van der Waals surface area contributed by atoms with Crippen LogP contribution in [0.4, 0.5) is 5.69 Å². The first-order valence-corrected chi connectivity index (χ1v) is 7.40. The Morgan fingerprint density at radius 2 is 1.95 bits per heavy atom. The van der Waals surface area contributed by atoms with Crippen molar-refractivity contribution < 1.29 is 0 Å². The number of para-hydroxylation sites is 1. The Morgan fingerprint density at radius 1 is 1.16 bits per heavy atom. The molecule has 1 aliphatic carbocycles. The summed E-state index contributed by atoms with van der Waals surface area (Å²) in [6.45, 7) is 3.46. The van der Waals surface area contributed by atoms with Gasteiger partial charge >= 0.3 is 0 Å². The quantitative estimate of drug-likeness (QED) is 0.874. The lowest BCUT2D eigenvalue weighted by Gasteiger charge is -2.26. The summed E-state index contributed by atoms with van der Waals surface area (Å²) in [6.07, 6.45) is 7.47. The van der Waals surface area contributed by atoms with Gasteiger partial charge in [-0.2, -0.15) is 0 Å². The zero-order chi connectivity index (χ0) is 13.1. The van der Waals surface area contributed by atoms with Crippen LogP contribution in [0.25, 0.3) is 10.9 Å². The Morgan fingerprint density at radius 3 is 2.79 bits per heavy atom. The maximum atomic E-state index is 4.49. The molecule has 0 atom stereocenters. The van der Waals surface area contributed by atoms with E-state index in [1.807, 2.05) is 12.3 Å². The average molecular weight is 254 g/mol. The van der Waals surface area contributed by atoms with E-state index in [1.165, 1.54) is 31.1 Å². The molecule has 1 saturated carbocycles. The van der Waals surface area contributed by atoms with Gasteiger partial charge in [0.25, 0.3) is 0 Å². The first kappa shape index (κ1) is 12.5. The van der Waals surface area contributed by atoms with Gasteiger partial charge in [0.15, 0.2) is 0 Å². The van der Waals surface area contributed by atoms with E-state index >= 15 is 0 Å². The predicted molar refractivity (Wildman–Crippen MR) is 81.4 cm³/mol. The predicted octanol–water partition coefficient (Wildman–Crippen LogP) is 4.47. The number of pyridine rings is 1. The molecule has 1 fully saturated rings. The van der Waals surface area contributed by atoms with E-state index in [1.54, 1.807) is 0 Å². The van der Waals surface area contributed by atoms with Crippen LogP contribution in [0.3, 0.4) is 0 Å². The molecule has 2 heteroatoms. The van der Waals surface area contributed by atoms with E-state index in [-0.39, 0.29) is 0 Å². The second-order valence-corrected chi connectivity index (χ2v) is 5.92. The molecular weight excluding hydrogens is 232 g/mol. The topological polar surface area (TPSA) is 24.9 Å².